The van der Waals surface area contributed by atoms with Crippen molar-refractivity contribution < 1.29 is 18.9 Å². The maximum atomic E-state index is 11.3. The van der Waals surface area contributed by atoms with E-state index in [4.69, 9.17) is 10.8 Å². The minimum Gasteiger partial charge on any atom is -0.481 e. The molecule has 1 fully saturated rings. The van der Waals surface area contributed by atoms with E-state index in [2.05, 4.69) is 0 Å². The lowest BCUT2D eigenvalue weighted by Crippen LogP contribution is -2.25. The quantitative estimate of drug-likeness (QED) is 0.627. The van der Waals surface area contributed by atoms with Crippen LogP contribution in [0.15, 0.2) is 0 Å². The van der Waals surface area contributed by atoms with Crippen molar-refractivity contribution in [1.29, 1.82) is 0 Å². The van der Waals surface area contributed by atoms with Crippen molar-refractivity contribution in [3.63, 3.8) is 0 Å². The normalized spacial score (nSPS) is 20.0. The lowest BCUT2D eigenvalue weighted by Gasteiger charge is -2.10. The van der Waals surface area contributed by atoms with Crippen molar-refractivity contribution in [1.82, 2.24) is 0 Å². The highest BCUT2D eigenvalue weighted by molar-refractivity contribution is 7.85. The number of amides is 1. The molecule has 80 valence electrons. The Bertz CT molecular complexity index is 285. The monoisotopic (exact) mass is 219 g/mol. The fourth-order valence-corrected chi connectivity index (χ4v) is 2.91. The van der Waals surface area contributed by atoms with Crippen molar-refractivity contribution in [3.05, 3.63) is 0 Å². The molecule has 0 aromatic heterocycles. The first kappa shape index (κ1) is 11.2. The van der Waals surface area contributed by atoms with Gasteiger partial charge in [-0.25, -0.2) is 0 Å². The predicted molar refractivity (Wildman–Crippen MR) is 51.0 cm³/mol. The third-order valence-corrected chi connectivity index (χ3v) is 3.79. The summed E-state index contributed by atoms with van der Waals surface area (Å²) >= 11 is 0. The van der Waals surface area contributed by atoms with Gasteiger partial charge in [-0.15, -0.1) is 0 Å². The molecule has 0 aliphatic heterocycles. The molecule has 0 saturated heterocycles. The number of primary amides is 1. The molecule has 1 unspecified atom stereocenters. The molecule has 0 aromatic rings. The van der Waals surface area contributed by atoms with Crippen LogP contribution in [0.25, 0.3) is 0 Å². The van der Waals surface area contributed by atoms with Gasteiger partial charge in [0.05, 0.1) is 6.42 Å². The average Bonchev–Trinajstić information content (AvgIpc) is 2.63. The largest absolute Gasteiger partial charge is 0.481 e. The van der Waals surface area contributed by atoms with Gasteiger partial charge in [-0.1, -0.05) is 0 Å². The third kappa shape index (κ3) is 3.45. The molecule has 1 aliphatic carbocycles. The van der Waals surface area contributed by atoms with Crippen LogP contribution >= 0.6 is 0 Å². The van der Waals surface area contributed by atoms with Crippen molar-refractivity contribution in [2.45, 2.75) is 19.3 Å². The number of hydrogen-bond acceptors (Lipinski definition) is 3. The number of carboxylic acid groups (broad SMARTS) is 1. The maximum Gasteiger partial charge on any atom is 0.303 e. The molecule has 0 radical (unpaired) electrons. The molecule has 0 spiro atoms. The second-order valence-corrected chi connectivity index (χ2v) is 5.22. The van der Waals surface area contributed by atoms with Crippen LogP contribution in [-0.4, -0.2) is 32.7 Å². The number of carbonyl (C=O) groups excluding carboxylic acids is 1. The highest BCUT2D eigenvalue weighted by Crippen LogP contribution is 2.49. The summed E-state index contributed by atoms with van der Waals surface area (Å²) < 4.78 is 11.3. The summed E-state index contributed by atoms with van der Waals surface area (Å²) in [7, 11) is -1.31. The zero-order valence-electron chi connectivity index (χ0n) is 7.69. The molecule has 0 bridgehead atoms. The fraction of sp³-hybridized carbons (Fsp3) is 0.750. The Morgan fingerprint density at radius 2 is 2.00 bits per heavy atom. The lowest BCUT2D eigenvalue weighted by molar-refractivity contribution is -0.138. The molecule has 5 nitrogen and oxygen atoms in total. The summed E-state index contributed by atoms with van der Waals surface area (Å²) in [5, 5.41) is 8.59. The van der Waals surface area contributed by atoms with Gasteiger partial charge in [0.25, 0.3) is 0 Å². The summed E-state index contributed by atoms with van der Waals surface area (Å²) in [5.74, 6) is -1.36. The first-order chi connectivity index (χ1) is 6.43. The predicted octanol–water partition coefficient (Wildman–Crippen LogP) is -0.525. The Kier molecular flexibility index (Phi) is 3.25. The van der Waals surface area contributed by atoms with Crippen LogP contribution in [0, 0.1) is 5.41 Å². The zero-order valence-corrected chi connectivity index (χ0v) is 8.51. The van der Waals surface area contributed by atoms with Crippen molar-refractivity contribution in [3.8, 4) is 0 Å². The fourth-order valence-electron chi connectivity index (χ4n) is 1.42. The van der Waals surface area contributed by atoms with Crippen molar-refractivity contribution >= 4 is 22.7 Å². The molecule has 1 rings (SSSR count). The minimum absolute atomic E-state index is 0.0392. The standard InChI is InChI=1S/C8H13NO4S/c9-6(10)4-14(13)5-8(1-2-8)3-7(11)12/h1-5H2,(H2,9,10)(H,11,12). The zero-order chi connectivity index (χ0) is 10.8. The van der Waals surface area contributed by atoms with Gasteiger partial charge in [0.15, 0.2) is 0 Å². The number of aliphatic carboxylic acids is 1. The van der Waals surface area contributed by atoms with E-state index in [9.17, 15) is 13.8 Å². The van der Waals surface area contributed by atoms with Crippen LogP contribution in [0.2, 0.25) is 0 Å². The molecule has 1 amide bonds. The molecule has 0 heterocycles. The molecule has 0 aromatic carbocycles. The van der Waals surface area contributed by atoms with Gasteiger partial charge in [-0.2, -0.15) is 0 Å². The Hall–Kier alpha value is -0.910. The van der Waals surface area contributed by atoms with Crippen LogP contribution in [0.4, 0.5) is 0 Å². The summed E-state index contributed by atoms with van der Waals surface area (Å²) in [6, 6.07) is 0. The molecule has 6 heteroatoms. The second kappa shape index (κ2) is 4.08. The second-order valence-electron chi connectivity index (χ2n) is 3.77. The van der Waals surface area contributed by atoms with Gasteiger partial charge in [0.2, 0.25) is 5.91 Å². The number of hydrogen-bond donors (Lipinski definition) is 2. The van der Waals surface area contributed by atoms with Crippen LogP contribution in [-0.2, 0) is 20.4 Å². The Morgan fingerprint density at radius 3 is 2.36 bits per heavy atom. The first-order valence-electron chi connectivity index (χ1n) is 4.29. The minimum atomic E-state index is -1.31. The molecule has 3 N–H and O–H groups in total. The summed E-state index contributed by atoms with van der Waals surface area (Å²) in [5.41, 5.74) is 4.56. The van der Waals surface area contributed by atoms with E-state index in [-0.39, 0.29) is 23.3 Å². The number of rotatable bonds is 6. The number of carbonyl (C=O) groups is 2. The lowest BCUT2D eigenvalue weighted by atomic mass is 10.1. The SMILES string of the molecule is NC(=O)CS(=O)CC1(CC(=O)O)CC1. The Labute approximate surface area is 84.1 Å². The molecule has 1 saturated carbocycles. The van der Waals surface area contributed by atoms with Gasteiger partial charge in [-0.3, -0.25) is 13.8 Å². The van der Waals surface area contributed by atoms with Crippen LogP contribution in [0.1, 0.15) is 19.3 Å². The Balaban J connectivity index is 2.39. The van der Waals surface area contributed by atoms with E-state index < -0.39 is 22.7 Å². The van der Waals surface area contributed by atoms with Crippen LogP contribution in [0.5, 0.6) is 0 Å². The number of nitrogens with two attached hydrogens (primary N) is 1. The van der Waals surface area contributed by atoms with E-state index in [1.54, 1.807) is 0 Å². The summed E-state index contributed by atoms with van der Waals surface area (Å²) in [6.07, 6.45) is 1.60. The maximum absolute atomic E-state index is 11.3. The van der Waals surface area contributed by atoms with Crippen LogP contribution in [0.3, 0.4) is 0 Å². The van der Waals surface area contributed by atoms with Gasteiger partial charge < -0.3 is 10.8 Å². The highest BCUT2D eigenvalue weighted by atomic mass is 32.2. The molecule has 1 atom stereocenters. The summed E-state index contributed by atoms with van der Waals surface area (Å²) in [6.45, 7) is 0. The van der Waals surface area contributed by atoms with Gasteiger partial charge in [-0.05, 0) is 18.3 Å². The molecular formula is C8H13NO4S. The van der Waals surface area contributed by atoms with Crippen LogP contribution < -0.4 is 5.73 Å². The van der Waals surface area contributed by atoms with E-state index in [1.807, 2.05) is 0 Å². The van der Waals surface area contributed by atoms with Gasteiger partial charge >= 0.3 is 5.97 Å². The van der Waals surface area contributed by atoms with Gasteiger partial charge in [0.1, 0.15) is 5.75 Å². The smallest absolute Gasteiger partial charge is 0.303 e. The summed E-state index contributed by atoms with van der Waals surface area (Å²) in [4.78, 5) is 20.9. The molecular weight excluding hydrogens is 206 g/mol. The van der Waals surface area contributed by atoms with Crippen molar-refractivity contribution in [2.24, 2.45) is 11.1 Å². The molecule has 14 heavy (non-hydrogen) atoms. The first-order valence-corrected chi connectivity index (χ1v) is 5.77. The van der Waals surface area contributed by atoms with E-state index in [0.29, 0.717) is 0 Å². The third-order valence-electron chi connectivity index (χ3n) is 2.25. The van der Waals surface area contributed by atoms with E-state index in [1.165, 1.54) is 0 Å². The highest BCUT2D eigenvalue weighted by Gasteiger charge is 2.45. The van der Waals surface area contributed by atoms with E-state index >= 15 is 0 Å². The number of carboxylic acids is 1. The van der Waals surface area contributed by atoms with E-state index in [0.717, 1.165) is 12.8 Å². The van der Waals surface area contributed by atoms with Gasteiger partial charge in [0, 0.05) is 16.6 Å². The topological polar surface area (TPSA) is 97.5 Å². The molecule has 1 aliphatic rings. The average molecular weight is 219 g/mol. The van der Waals surface area contributed by atoms with Crippen molar-refractivity contribution in [2.75, 3.05) is 11.5 Å². The Morgan fingerprint density at radius 1 is 1.43 bits per heavy atom.